The Kier molecular flexibility index (Phi) is 3.99. The van der Waals surface area contributed by atoms with E-state index >= 15 is 0 Å². The van der Waals surface area contributed by atoms with Crippen LogP contribution in [0.3, 0.4) is 0 Å². The van der Waals surface area contributed by atoms with Gasteiger partial charge in [0.2, 0.25) is 11.7 Å². The number of ketones is 1. The van der Waals surface area contributed by atoms with Crippen molar-refractivity contribution in [3.8, 4) is 22.9 Å². The Balaban J connectivity index is 2.21. The third-order valence-corrected chi connectivity index (χ3v) is 3.45. The van der Waals surface area contributed by atoms with Crippen molar-refractivity contribution >= 4 is 5.78 Å². The number of nitrogens with zero attached hydrogens (tertiary/aromatic N) is 2. The van der Waals surface area contributed by atoms with Crippen molar-refractivity contribution in [2.75, 3.05) is 7.11 Å². The van der Waals surface area contributed by atoms with Gasteiger partial charge in [0.15, 0.2) is 17.3 Å². The van der Waals surface area contributed by atoms with Gasteiger partial charge in [-0.1, -0.05) is 17.3 Å². The molecule has 1 heterocycles. The van der Waals surface area contributed by atoms with E-state index in [-0.39, 0.29) is 34.0 Å². The highest BCUT2D eigenvalue weighted by Crippen LogP contribution is 2.35. The number of hydrogen-bond acceptors (Lipinski definition) is 6. The fraction of sp³-hybridized carbons (Fsp3) is 0.118. The molecule has 0 saturated carbocycles. The monoisotopic (exact) mass is 328 g/mol. The quantitative estimate of drug-likeness (QED) is 0.741. The number of hydrogen-bond donors (Lipinski definition) is 1. The highest BCUT2D eigenvalue weighted by atomic mass is 19.1. The van der Waals surface area contributed by atoms with Crippen LogP contribution < -0.4 is 4.74 Å². The molecular formula is C17H13FN2O4. The first-order valence-electron chi connectivity index (χ1n) is 7.02. The van der Waals surface area contributed by atoms with E-state index in [4.69, 9.17) is 9.26 Å². The van der Waals surface area contributed by atoms with E-state index in [1.807, 2.05) is 0 Å². The summed E-state index contributed by atoms with van der Waals surface area (Å²) in [6.45, 7) is 1.60. The van der Waals surface area contributed by atoms with E-state index in [1.54, 1.807) is 13.0 Å². The molecular weight excluding hydrogens is 315 g/mol. The molecule has 0 bridgehead atoms. The minimum absolute atomic E-state index is 0.0409. The number of aryl methyl sites for hydroxylation is 1. The summed E-state index contributed by atoms with van der Waals surface area (Å²) in [5, 5.41) is 13.8. The van der Waals surface area contributed by atoms with Gasteiger partial charge < -0.3 is 14.4 Å². The van der Waals surface area contributed by atoms with E-state index in [2.05, 4.69) is 10.1 Å². The van der Waals surface area contributed by atoms with Crippen molar-refractivity contribution in [2.24, 2.45) is 0 Å². The fourth-order valence-corrected chi connectivity index (χ4v) is 2.30. The number of phenols is 1. The second-order valence-corrected chi connectivity index (χ2v) is 5.02. The van der Waals surface area contributed by atoms with Crippen molar-refractivity contribution in [2.45, 2.75) is 6.92 Å². The Morgan fingerprint density at radius 3 is 2.62 bits per heavy atom. The van der Waals surface area contributed by atoms with Crippen LogP contribution in [0.2, 0.25) is 0 Å². The van der Waals surface area contributed by atoms with Gasteiger partial charge in [0.25, 0.3) is 0 Å². The molecule has 1 aromatic heterocycles. The third-order valence-electron chi connectivity index (χ3n) is 3.45. The number of halogens is 1. The minimum atomic E-state index is -0.659. The van der Waals surface area contributed by atoms with Crippen molar-refractivity contribution in [1.82, 2.24) is 10.1 Å². The molecule has 0 fully saturated rings. The van der Waals surface area contributed by atoms with Crippen molar-refractivity contribution in [1.29, 1.82) is 0 Å². The summed E-state index contributed by atoms with van der Waals surface area (Å²) in [4.78, 5) is 16.8. The lowest BCUT2D eigenvalue weighted by atomic mass is 9.97. The maximum Gasteiger partial charge on any atom is 0.223 e. The molecule has 0 aliphatic carbocycles. The fourth-order valence-electron chi connectivity index (χ4n) is 2.30. The number of benzene rings is 2. The Bertz CT molecular complexity index is 921. The molecule has 0 radical (unpaired) electrons. The second kappa shape index (κ2) is 6.11. The Hall–Kier alpha value is -3.22. The molecule has 122 valence electrons. The number of carbonyl (C=O) groups is 1. The summed E-state index contributed by atoms with van der Waals surface area (Å²) in [5.74, 6) is -0.929. The van der Waals surface area contributed by atoms with Gasteiger partial charge in [-0.15, -0.1) is 0 Å². The molecule has 0 atom stereocenters. The van der Waals surface area contributed by atoms with Gasteiger partial charge in [0, 0.05) is 18.1 Å². The molecule has 0 amide bonds. The lowest BCUT2D eigenvalue weighted by molar-refractivity contribution is 0.103. The molecule has 0 aliphatic rings. The molecule has 7 heteroatoms. The maximum atomic E-state index is 14.0. The molecule has 24 heavy (non-hydrogen) atoms. The topological polar surface area (TPSA) is 85.5 Å². The van der Waals surface area contributed by atoms with Gasteiger partial charge in [0.1, 0.15) is 5.82 Å². The van der Waals surface area contributed by atoms with Gasteiger partial charge >= 0.3 is 0 Å². The first kappa shape index (κ1) is 15.7. The average Bonchev–Trinajstić information content (AvgIpc) is 3.00. The van der Waals surface area contributed by atoms with E-state index in [0.717, 1.165) is 0 Å². The lowest BCUT2D eigenvalue weighted by Gasteiger charge is -2.10. The SMILES string of the molecule is COc1cc(-c2noc(C)n2)c(C(=O)c2ccccc2F)cc1O. The largest absolute Gasteiger partial charge is 0.504 e. The average molecular weight is 328 g/mol. The van der Waals surface area contributed by atoms with E-state index < -0.39 is 11.6 Å². The van der Waals surface area contributed by atoms with Crippen LogP contribution in [-0.2, 0) is 0 Å². The van der Waals surface area contributed by atoms with Crippen LogP contribution in [-0.4, -0.2) is 28.1 Å². The predicted octanol–water partition coefficient (Wildman–Crippen LogP) is 3.13. The van der Waals surface area contributed by atoms with Crippen LogP contribution in [0.25, 0.3) is 11.4 Å². The Morgan fingerprint density at radius 1 is 1.25 bits per heavy atom. The zero-order valence-corrected chi connectivity index (χ0v) is 12.9. The normalized spacial score (nSPS) is 10.6. The summed E-state index contributed by atoms with van der Waals surface area (Å²) >= 11 is 0. The molecule has 0 spiro atoms. The molecule has 3 rings (SSSR count). The van der Waals surface area contributed by atoms with Crippen molar-refractivity contribution in [3.05, 3.63) is 59.2 Å². The molecule has 1 N–H and O–H groups in total. The number of ether oxygens (including phenoxy) is 1. The summed E-state index contributed by atoms with van der Waals surface area (Å²) in [6, 6.07) is 8.21. The minimum Gasteiger partial charge on any atom is -0.504 e. The number of phenolic OH excluding ortho intramolecular Hbond substituents is 1. The zero-order chi connectivity index (χ0) is 17.3. The van der Waals surface area contributed by atoms with Crippen molar-refractivity contribution in [3.63, 3.8) is 0 Å². The first-order valence-corrected chi connectivity index (χ1v) is 7.02. The van der Waals surface area contributed by atoms with E-state index in [9.17, 15) is 14.3 Å². The standard InChI is InChI=1S/C17H13FN2O4/c1-9-19-17(20-24-9)12-8-15(23-2)14(21)7-11(12)16(22)10-5-3-4-6-13(10)18/h3-8,21H,1-2H3. The maximum absolute atomic E-state index is 14.0. The van der Waals surface area contributed by atoms with Crippen LogP contribution in [0.15, 0.2) is 40.9 Å². The van der Waals surface area contributed by atoms with Gasteiger partial charge in [-0.2, -0.15) is 4.98 Å². The zero-order valence-electron chi connectivity index (χ0n) is 12.9. The summed E-state index contributed by atoms with van der Waals surface area (Å²) in [5.41, 5.74) is 0.192. The van der Waals surface area contributed by atoms with Gasteiger partial charge in [-0.05, 0) is 24.3 Å². The molecule has 0 saturated heterocycles. The molecule has 0 unspecified atom stereocenters. The van der Waals surface area contributed by atoms with E-state index in [1.165, 1.54) is 37.4 Å². The van der Waals surface area contributed by atoms with Crippen LogP contribution in [0.1, 0.15) is 21.8 Å². The van der Waals surface area contributed by atoms with E-state index in [0.29, 0.717) is 5.89 Å². The Labute approximate surface area is 136 Å². The van der Waals surface area contributed by atoms with Crippen LogP contribution in [0.5, 0.6) is 11.5 Å². The highest BCUT2D eigenvalue weighted by molar-refractivity contribution is 6.13. The Morgan fingerprint density at radius 2 is 2.00 bits per heavy atom. The van der Waals surface area contributed by atoms with Crippen LogP contribution in [0, 0.1) is 12.7 Å². The first-order chi connectivity index (χ1) is 11.5. The molecule has 6 nitrogen and oxygen atoms in total. The highest BCUT2D eigenvalue weighted by Gasteiger charge is 2.23. The number of aromatic nitrogens is 2. The predicted molar refractivity (Wildman–Crippen MR) is 82.5 cm³/mol. The summed E-state index contributed by atoms with van der Waals surface area (Å²) in [6.07, 6.45) is 0. The van der Waals surface area contributed by atoms with Crippen molar-refractivity contribution < 1.29 is 23.6 Å². The summed E-state index contributed by atoms with van der Waals surface area (Å²) in [7, 11) is 1.37. The smallest absolute Gasteiger partial charge is 0.223 e. The van der Waals surface area contributed by atoms with Gasteiger partial charge in [-0.25, -0.2) is 4.39 Å². The van der Waals surface area contributed by atoms with Gasteiger partial charge in [0.05, 0.1) is 12.7 Å². The lowest BCUT2D eigenvalue weighted by Crippen LogP contribution is -2.07. The second-order valence-electron chi connectivity index (χ2n) is 5.02. The number of aromatic hydroxyl groups is 1. The third kappa shape index (κ3) is 2.71. The van der Waals surface area contributed by atoms with Crippen LogP contribution in [0.4, 0.5) is 4.39 Å². The number of methoxy groups -OCH3 is 1. The van der Waals surface area contributed by atoms with Gasteiger partial charge in [-0.3, -0.25) is 4.79 Å². The number of carbonyl (C=O) groups excluding carboxylic acids is 1. The molecule has 2 aromatic carbocycles. The summed E-state index contributed by atoms with van der Waals surface area (Å²) < 4.78 is 23.9. The number of rotatable bonds is 4. The van der Waals surface area contributed by atoms with Crippen LogP contribution >= 0.6 is 0 Å². The molecule has 3 aromatic rings. The molecule has 0 aliphatic heterocycles.